The maximum atomic E-state index is 4.49. The van der Waals surface area contributed by atoms with E-state index in [1.54, 1.807) is 0 Å². The molecule has 3 aromatic carbocycles. The van der Waals surface area contributed by atoms with Crippen molar-refractivity contribution in [2.75, 3.05) is 0 Å². The van der Waals surface area contributed by atoms with Gasteiger partial charge in [-0.3, -0.25) is 0 Å². The summed E-state index contributed by atoms with van der Waals surface area (Å²) in [5.74, 6) is 0. The third-order valence-corrected chi connectivity index (χ3v) is 7.75. The van der Waals surface area contributed by atoms with Gasteiger partial charge in [0, 0.05) is 0 Å². The van der Waals surface area contributed by atoms with Crippen molar-refractivity contribution >= 4 is 48.4 Å². The van der Waals surface area contributed by atoms with Gasteiger partial charge >= 0.3 is 173 Å². The van der Waals surface area contributed by atoms with Crippen LogP contribution in [-0.4, -0.2) is 29.9 Å². The Morgan fingerprint density at radius 3 is 1.54 bits per heavy atom. The van der Waals surface area contributed by atoms with Crippen LogP contribution in [0.3, 0.4) is 0 Å². The summed E-state index contributed by atoms with van der Waals surface area (Å²) in [4.78, 5) is 0. The van der Waals surface area contributed by atoms with Crippen LogP contribution in [0.5, 0.6) is 0 Å². The van der Waals surface area contributed by atoms with Crippen molar-refractivity contribution in [2.24, 2.45) is 0 Å². The number of hydrogen-bond acceptors (Lipinski definition) is 0. The zero-order chi connectivity index (χ0) is 17.0. The predicted octanol–water partition coefficient (Wildman–Crippen LogP) is 3.23. The van der Waals surface area contributed by atoms with Gasteiger partial charge in [-0.15, -0.1) is 0 Å². The molecule has 0 unspecified atom stereocenters. The standard InChI is InChI=1S/C20H17Se2.ClH.Pd/c1-3-10-19(11-4-1)21-15-17-8-7-9-18(14-17)16-22-20-12-5-2-6-13-20;;/h1-6,8-14H,15-16H2;1H;/q-1;;+2/p-1. The Labute approximate surface area is 172 Å². The summed E-state index contributed by atoms with van der Waals surface area (Å²) >= 11 is 3.25. The second-order valence-corrected chi connectivity index (χ2v) is 9.35. The first-order valence-corrected chi connectivity index (χ1v) is 13.5. The molecule has 126 valence electrons. The molecule has 0 fully saturated rings. The summed E-state index contributed by atoms with van der Waals surface area (Å²) in [7, 11) is 4.49. The van der Waals surface area contributed by atoms with Crippen LogP contribution < -0.4 is 8.92 Å². The summed E-state index contributed by atoms with van der Waals surface area (Å²) in [5, 5.41) is 2.30. The van der Waals surface area contributed by atoms with E-state index in [-0.39, 0.29) is 0 Å². The van der Waals surface area contributed by atoms with Gasteiger partial charge in [0.25, 0.3) is 0 Å². The monoisotopic (exact) mass is 558 g/mol. The molecular weight excluding hydrogens is 540 g/mol. The van der Waals surface area contributed by atoms with Gasteiger partial charge in [-0.2, -0.15) is 0 Å². The van der Waals surface area contributed by atoms with Crippen molar-refractivity contribution in [1.29, 1.82) is 0 Å². The number of hydrogen-bond donors (Lipinski definition) is 0. The van der Waals surface area contributed by atoms with Crippen LogP contribution in [-0.2, 0) is 28.8 Å². The average molecular weight is 557 g/mol. The molecule has 0 spiro atoms. The van der Waals surface area contributed by atoms with E-state index in [2.05, 4.69) is 113 Å². The summed E-state index contributed by atoms with van der Waals surface area (Å²) in [6, 6.07) is 31.6. The maximum absolute atomic E-state index is 4.49. The molecule has 0 heterocycles. The van der Waals surface area contributed by atoms with Crippen molar-refractivity contribution in [2.45, 2.75) is 10.6 Å². The minimum absolute atomic E-state index is 0.512. The van der Waals surface area contributed by atoms with Gasteiger partial charge < -0.3 is 0 Å². The van der Waals surface area contributed by atoms with E-state index in [0.717, 1.165) is 10.6 Å². The van der Waals surface area contributed by atoms with Crippen molar-refractivity contribution in [3.05, 3.63) is 96.1 Å². The van der Waals surface area contributed by atoms with Crippen LogP contribution in [0.25, 0.3) is 0 Å². The Kier molecular flexibility index (Phi) is 10.0. The molecule has 0 saturated heterocycles. The van der Waals surface area contributed by atoms with Gasteiger partial charge in [0.05, 0.1) is 0 Å². The molecule has 0 aliphatic heterocycles. The summed E-state index contributed by atoms with van der Waals surface area (Å²) in [6.45, 7) is 0. The minimum atomic E-state index is 0.512. The fraction of sp³-hybridized carbons (Fsp3) is 0.100. The van der Waals surface area contributed by atoms with Crippen molar-refractivity contribution in [3.8, 4) is 0 Å². The van der Waals surface area contributed by atoms with E-state index in [1.807, 2.05) is 0 Å². The summed E-state index contributed by atoms with van der Waals surface area (Å²) < 4.78 is 2.93. The Morgan fingerprint density at radius 1 is 0.708 bits per heavy atom. The van der Waals surface area contributed by atoms with Crippen LogP contribution in [0.1, 0.15) is 11.1 Å². The molecule has 0 bridgehead atoms. The van der Waals surface area contributed by atoms with Crippen LogP contribution >= 0.6 is 9.53 Å². The van der Waals surface area contributed by atoms with Crippen LogP contribution in [0.2, 0.25) is 0 Å². The zero-order valence-corrected chi connectivity index (χ0v) is 18.7. The number of halogens is 1. The molecule has 0 atom stereocenters. The third kappa shape index (κ3) is 7.26. The average Bonchev–Trinajstić information content (AvgIpc) is 2.68. The summed E-state index contributed by atoms with van der Waals surface area (Å²) in [5.41, 5.74) is 2.84. The Balaban J connectivity index is 0.00000100. The van der Waals surface area contributed by atoms with Crippen LogP contribution in [0.4, 0.5) is 0 Å². The molecule has 0 aromatic heterocycles. The quantitative estimate of drug-likeness (QED) is 0.323. The first kappa shape index (κ1) is 20.0. The molecule has 0 N–H and O–H groups in total. The molecule has 3 rings (SSSR count). The first-order valence-electron chi connectivity index (χ1n) is 7.37. The van der Waals surface area contributed by atoms with Crippen molar-refractivity contribution in [3.63, 3.8) is 0 Å². The second-order valence-electron chi connectivity index (χ2n) is 4.95. The fourth-order valence-electron chi connectivity index (χ4n) is 2.11. The SMILES string of the molecule is [Cl][Pd+].[c-]1cc(C[Se]c2ccccc2)cc(C[Se]c2ccccc2)c1. The Bertz CT molecular complexity index is 646. The van der Waals surface area contributed by atoms with Crippen LogP contribution in [0, 0.1) is 6.07 Å². The predicted molar refractivity (Wildman–Crippen MR) is 102 cm³/mol. The number of benzene rings is 3. The number of rotatable bonds is 6. The Hall–Kier alpha value is -0.349. The molecule has 3 aromatic rings. The van der Waals surface area contributed by atoms with Gasteiger partial charge in [-0.25, -0.2) is 0 Å². The normalized spacial score (nSPS) is 9.96. The van der Waals surface area contributed by atoms with E-state index in [4.69, 9.17) is 0 Å². The molecular formula is C20H17ClPdSe2. The van der Waals surface area contributed by atoms with Crippen molar-refractivity contribution < 1.29 is 18.2 Å². The molecule has 0 aliphatic carbocycles. The fourth-order valence-corrected chi connectivity index (χ4v) is 5.68. The van der Waals surface area contributed by atoms with E-state index in [9.17, 15) is 0 Å². The molecule has 0 aliphatic rings. The Morgan fingerprint density at radius 2 is 1.12 bits per heavy atom. The zero-order valence-electron chi connectivity index (χ0n) is 12.9. The van der Waals surface area contributed by atoms with Gasteiger partial charge in [0.15, 0.2) is 0 Å². The molecule has 0 amide bonds. The van der Waals surface area contributed by atoms with Gasteiger partial charge in [-0.05, 0) is 0 Å². The van der Waals surface area contributed by atoms with E-state index in [0.29, 0.717) is 29.9 Å². The van der Waals surface area contributed by atoms with E-state index < -0.39 is 0 Å². The van der Waals surface area contributed by atoms with Crippen LogP contribution in [0.15, 0.2) is 78.9 Å². The van der Waals surface area contributed by atoms with Gasteiger partial charge in [-0.1, -0.05) is 0 Å². The first-order chi connectivity index (χ1) is 11.9. The molecule has 0 radical (unpaired) electrons. The van der Waals surface area contributed by atoms with E-state index in [1.165, 1.54) is 20.1 Å². The topological polar surface area (TPSA) is 0 Å². The third-order valence-electron chi connectivity index (χ3n) is 3.21. The summed E-state index contributed by atoms with van der Waals surface area (Å²) in [6.07, 6.45) is 0. The molecule has 24 heavy (non-hydrogen) atoms. The molecule has 4 heteroatoms. The second kappa shape index (κ2) is 12.1. The van der Waals surface area contributed by atoms with Gasteiger partial charge in [0.2, 0.25) is 0 Å². The van der Waals surface area contributed by atoms with E-state index >= 15 is 0 Å². The van der Waals surface area contributed by atoms with Crippen molar-refractivity contribution in [1.82, 2.24) is 0 Å². The molecule has 0 saturated carbocycles. The molecule has 0 nitrogen and oxygen atoms in total. The van der Waals surface area contributed by atoms with Gasteiger partial charge in [0.1, 0.15) is 0 Å².